The summed E-state index contributed by atoms with van der Waals surface area (Å²) in [5.74, 6) is 0.476. The Bertz CT molecular complexity index is 916. The Morgan fingerprint density at radius 2 is 1.72 bits per heavy atom. The Morgan fingerprint density at radius 3 is 2.44 bits per heavy atom. The highest BCUT2D eigenvalue weighted by Gasteiger charge is 2.14. The molecule has 3 rings (SSSR count). The molecule has 1 amide bonds. The lowest BCUT2D eigenvalue weighted by Crippen LogP contribution is -2.33. The first kappa shape index (κ1) is 16.9. The molecular formula is C20H18N2O2S. The molecule has 0 unspecified atom stereocenters. The van der Waals surface area contributed by atoms with Crippen LogP contribution in [0.5, 0.6) is 0 Å². The van der Waals surface area contributed by atoms with Crippen LogP contribution in [0.25, 0.3) is 11.3 Å². The lowest BCUT2D eigenvalue weighted by Gasteiger charge is -2.08. The minimum absolute atomic E-state index is 0.213. The van der Waals surface area contributed by atoms with Crippen LogP contribution in [-0.2, 0) is 0 Å². The molecule has 0 atom stereocenters. The van der Waals surface area contributed by atoms with Crippen molar-refractivity contribution in [2.45, 2.75) is 13.8 Å². The Hall–Kier alpha value is -2.92. The van der Waals surface area contributed by atoms with Crippen LogP contribution in [0, 0.1) is 13.8 Å². The monoisotopic (exact) mass is 350 g/mol. The van der Waals surface area contributed by atoms with Crippen molar-refractivity contribution in [3.63, 3.8) is 0 Å². The summed E-state index contributed by atoms with van der Waals surface area (Å²) in [5.41, 5.74) is 4.13. The minimum Gasteiger partial charge on any atom is -0.451 e. The quantitative estimate of drug-likeness (QED) is 0.673. The van der Waals surface area contributed by atoms with Crippen molar-refractivity contribution in [2.24, 2.45) is 0 Å². The average Bonchev–Trinajstić information content (AvgIpc) is 3.08. The number of amides is 1. The smallest absolute Gasteiger partial charge is 0.293 e. The van der Waals surface area contributed by atoms with E-state index in [1.807, 2.05) is 55.5 Å². The van der Waals surface area contributed by atoms with Gasteiger partial charge in [0.25, 0.3) is 5.91 Å². The van der Waals surface area contributed by atoms with Crippen LogP contribution in [0.15, 0.2) is 65.1 Å². The highest BCUT2D eigenvalue weighted by Crippen LogP contribution is 2.24. The molecule has 0 radical (unpaired) electrons. The van der Waals surface area contributed by atoms with Crippen molar-refractivity contribution in [3.8, 4) is 11.3 Å². The lowest BCUT2D eigenvalue weighted by atomic mass is 10.1. The molecule has 0 aliphatic rings. The number of para-hydroxylation sites is 1. The number of hydrogen-bond donors (Lipinski definition) is 2. The van der Waals surface area contributed by atoms with Gasteiger partial charge in [-0.05, 0) is 67.5 Å². The third-order valence-corrected chi connectivity index (χ3v) is 4.08. The van der Waals surface area contributed by atoms with Gasteiger partial charge in [0.2, 0.25) is 0 Å². The highest BCUT2D eigenvalue weighted by molar-refractivity contribution is 7.80. The summed E-state index contributed by atoms with van der Waals surface area (Å²) in [7, 11) is 0. The predicted octanol–water partition coefficient (Wildman–Crippen LogP) is 4.69. The molecular weight excluding hydrogens is 332 g/mol. The van der Waals surface area contributed by atoms with Gasteiger partial charge in [-0.1, -0.05) is 30.3 Å². The number of benzene rings is 2. The first-order chi connectivity index (χ1) is 12.0. The number of carbonyl (C=O) groups excluding carboxylic acids is 1. The van der Waals surface area contributed by atoms with Crippen LogP contribution in [0.2, 0.25) is 0 Å². The standard InChI is InChI=1S/C20H18N2O2S/c1-13-8-9-15(12-14(13)2)17-10-11-18(24-17)19(23)22-20(25)21-16-6-4-3-5-7-16/h3-12H,1-2H3,(H2,21,22,23,25). The number of aryl methyl sites for hydroxylation is 2. The maximum atomic E-state index is 12.3. The molecule has 2 aromatic carbocycles. The molecule has 0 aliphatic carbocycles. The summed E-state index contributed by atoms with van der Waals surface area (Å²) in [6.07, 6.45) is 0. The van der Waals surface area contributed by atoms with Crippen LogP contribution in [-0.4, -0.2) is 11.0 Å². The zero-order valence-corrected chi connectivity index (χ0v) is 14.8. The summed E-state index contributed by atoms with van der Waals surface area (Å²) < 4.78 is 5.68. The lowest BCUT2D eigenvalue weighted by molar-refractivity contribution is 0.0951. The van der Waals surface area contributed by atoms with E-state index in [1.165, 1.54) is 11.1 Å². The summed E-state index contributed by atoms with van der Waals surface area (Å²) in [4.78, 5) is 12.3. The molecule has 4 nitrogen and oxygen atoms in total. The fourth-order valence-electron chi connectivity index (χ4n) is 2.36. The molecule has 126 valence electrons. The van der Waals surface area contributed by atoms with Crippen molar-refractivity contribution in [3.05, 3.63) is 77.6 Å². The van der Waals surface area contributed by atoms with E-state index in [1.54, 1.807) is 12.1 Å². The largest absolute Gasteiger partial charge is 0.451 e. The van der Waals surface area contributed by atoms with Gasteiger partial charge < -0.3 is 9.73 Å². The van der Waals surface area contributed by atoms with Crippen LogP contribution in [0.1, 0.15) is 21.7 Å². The van der Waals surface area contributed by atoms with E-state index in [9.17, 15) is 4.79 Å². The van der Waals surface area contributed by atoms with Crippen molar-refractivity contribution in [1.82, 2.24) is 5.32 Å². The van der Waals surface area contributed by atoms with E-state index in [0.29, 0.717) is 5.76 Å². The Labute approximate surface area is 151 Å². The van der Waals surface area contributed by atoms with Gasteiger partial charge in [0, 0.05) is 11.3 Å². The van der Waals surface area contributed by atoms with E-state index in [4.69, 9.17) is 16.6 Å². The normalized spacial score (nSPS) is 10.3. The zero-order valence-electron chi connectivity index (χ0n) is 14.0. The van der Waals surface area contributed by atoms with Gasteiger partial charge >= 0.3 is 0 Å². The van der Waals surface area contributed by atoms with E-state index in [2.05, 4.69) is 17.6 Å². The predicted molar refractivity (Wildman–Crippen MR) is 104 cm³/mol. The molecule has 1 aromatic heterocycles. The summed E-state index contributed by atoms with van der Waals surface area (Å²) in [5, 5.41) is 5.79. The molecule has 25 heavy (non-hydrogen) atoms. The van der Waals surface area contributed by atoms with Gasteiger partial charge in [0.15, 0.2) is 10.9 Å². The maximum absolute atomic E-state index is 12.3. The second-order valence-electron chi connectivity index (χ2n) is 5.74. The number of hydrogen-bond acceptors (Lipinski definition) is 3. The molecule has 1 heterocycles. The van der Waals surface area contributed by atoms with Gasteiger partial charge in [-0.25, -0.2) is 0 Å². The van der Waals surface area contributed by atoms with E-state index >= 15 is 0 Å². The first-order valence-electron chi connectivity index (χ1n) is 7.88. The van der Waals surface area contributed by atoms with Crippen LogP contribution >= 0.6 is 12.2 Å². The Balaban J connectivity index is 1.68. The van der Waals surface area contributed by atoms with Crippen molar-refractivity contribution in [1.29, 1.82) is 0 Å². The molecule has 0 aliphatic heterocycles. The minimum atomic E-state index is -0.386. The van der Waals surface area contributed by atoms with Gasteiger partial charge in [-0.2, -0.15) is 0 Å². The van der Waals surface area contributed by atoms with Gasteiger partial charge in [0.05, 0.1) is 0 Å². The van der Waals surface area contributed by atoms with E-state index in [-0.39, 0.29) is 16.8 Å². The fraction of sp³-hybridized carbons (Fsp3) is 0.100. The molecule has 0 fully saturated rings. The molecule has 0 saturated carbocycles. The van der Waals surface area contributed by atoms with Crippen molar-refractivity contribution >= 4 is 28.9 Å². The second-order valence-corrected chi connectivity index (χ2v) is 6.15. The molecule has 0 saturated heterocycles. The van der Waals surface area contributed by atoms with Gasteiger partial charge in [-0.15, -0.1) is 0 Å². The van der Waals surface area contributed by atoms with Gasteiger partial charge in [0.1, 0.15) is 5.76 Å². The third-order valence-electron chi connectivity index (χ3n) is 3.88. The topological polar surface area (TPSA) is 54.3 Å². The number of rotatable bonds is 3. The van der Waals surface area contributed by atoms with Crippen molar-refractivity contribution < 1.29 is 9.21 Å². The van der Waals surface area contributed by atoms with E-state index in [0.717, 1.165) is 11.3 Å². The average molecular weight is 350 g/mol. The van der Waals surface area contributed by atoms with Crippen LogP contribution < -0.4 is 10.6 Å². The first-order valence-corrected chi connectivity index (χ1v) is 8.28. The summed E-state index contributed by atoms with van der Waals surface area (Å²) >= 11 is 5.16. The number of carbonyl (C=O) groups is 1. The third kappa shape index (κ3) is 4.14. The van der Waals surface area contributed by atoms with Gasteiger partial charge in [-0.3, -0.25) is 10.1 Å². The molecule has 0 spiro atoms. The summed E-state index contributed by atoms with van der Waals surface area (Å²) in [6.45, 7) is 4.10. The zero-order chi connectivity index (χ0) is 17.8. The second kappa shape index (κ2) is 7.32. The van der Waals surface area contributed by atoms with Crippen molar-refractivity contribution in [2.75, 3.05) is 5.32 Å². The number of nitrogens with one attached hydrogen (secondary N) is 2. The number of thiocarbonyl (C=S) groups is 1. The molecule has 5 heteroatoms. The molecule has 0 bridgehead atoms. The fourth-order valence-corrected chi connectivity index (χ4v) is 2.57. The van der Waals surface area contributed by atoms with Crippen LogP contribution in [0.3, 0.4) is 0 Å². The Morgan fingerprint density at radius 1 is 0.960 bits per heavy atom. The maximum Gasteiger partial charge on any atom is 0.293 e. The van der Waals surface area contributed by atoms with E-state index < -0.39 is 0 Å². The SMILES string of the molecule is Cc1ccc(-c2ccc(C(=O)NC(=S)Nc3ccccc3)o2)cc1C. The highest BCUT2D eigenvalue weighted by atomic mass is 32.1. The number of furan rings is 1. The Kier molecular flexibility index (Phi) is 4.95. The molecule has 2 N–H and O–H groups in total. The summed E-state index contributed by atoms with van der Waals surface area (Å²) in [6, 6.07) is 18.9. The number of anilines is 1. The molecule has 3 aromatic rings. The van der Waals surface area contributed by atoms with Crippen LogP contribution in [0.4, 0.5) is 5.69 Å².